The number of hydrogen-bond donors (Lipinski definition) is 1. The Kier molecular flexibility index (Phi) is 6.12. The van der Waals surface area contributed by atoms with Crippen LogP contribution in [0.3, 0.4) is 0 Å². The Morgan fingerprint density at radius 1 is 1.10 bits per heavy atom. The molecule has 1 N–H and O–H groups in total. The predicted molar refractivity (Wildman–Crippen MR) is 108 cm³/mol. The van der Waals surface area contributed by atoms with Crippen molar-refractivity contribution in [2.75, 3.05) is 19.5 Å². The van der Waals surface area contributed by atoms with Gasteiger partial charge in [-0.15, -0.1) is 0 Å². The molecule has 0 amide bonds. The molecule has 1 unspecified atom stereocenters. The van der Waals surface area contributed by atoms with Crippen LogP contribution in [0.2, 0.25) is 0 Å². The Labute approximate surface area is 167 Å². The molecule has 3 rings (SSSR count). The van der Waals surface area contributed by atoms with Crippen molar-refractivity contribution in [2.24, 2.45) is 0 Å². The van der Waals surface area contributed by atoms with E-state index in [0.29, 0.717) is 5.56 Å². The monoisotopic (exact) mass is 417 g/mol. The summed E-state index contributed by atoms with van der Waals surface area (Å²) in [4.78, 5) is 14.7. The fourth-order valence-electron chi connectivity index (χ4n) is 2.71. The Bertz CT molecular complexity index is 1030. The fourth-order valence-corrected chi connectivity index (χ4v) is 3.78. The van der Waals surface area contributed by atoms with Gasteiger partial charge in [-0.3, -0.25) is 14.7 Å². The summed E-state index contributed by atoms with van der Waals surface area (Å²) in [6.07, 6.45) is 0. The second kappa shape index (κ2) is 8.57. The van der Waals surface area contributed by atoms with Gasteiger partial charge < -0.3 is 18.8 Å². The molecular formula is C19H20N3O6P. The lowest BCUT2D eigenvalue weighted by Gasteiger charge is -2.16. The summed E-state index contributed by atoms with van der Waals surface area (Å²) in [5, 5.41) is 14.0. The van der Waals surface area contributed by atoms with Crippen molar-refractivity contribution >= 4 is 24.6 Å². The average molecular weight is 417 g/mol. The third-order valence-corrected chi connectivity index (χ3v) is 6.10. The maximum atomic E-state index is 13.0. The zero-order chi connectivity index (χ0) is 21.0. The number of aromatic nitrogens is 1. The number of nitrogens with one attached hydrogen (secondary N) is 1. The van der Waals surface area contributed by atoms with Crippen LogP contribution in [-0.4, -0.2) is 24.1 Å². The Hall–Kier alpha value is -3.00. The number of rotatable bonds is 8. The maximum Gasteiger partial charge on any atom is 0.384 e. The third-order valence-electron chi connectivity index (χ3n) is 4.32. The summed E-state index contributed by atoms with van der Waals surface area (Å²) in [5.41, 5.74) is 1.40. The van der Waals surface area contributed by atoms with E-state index in [1.54, 1.807) is 0 Å². The van der Waals surface area contributed by atoms with Crippen LogP contribution in [-0.2, 0) is 13.6 Å². The highest BCUT2D eigenvalue weighted by atomic mass is 31.2. The molecule has 2 aromatic carbocycles. The molecule has 1 aromatic heterocycles. The number of nitrogens with zero attached hydrogens (tertiary/aromatic N) is 2. The van der Waals surface area contributed by atoms with Crippen LogP contribution in [0.15, 0.2) is 59.0 Å². The molecule has 152 valence electrons. The van der Waals surface area contributed by atoms with Crippen LogP contribution in [0.4, 0.5) is 11.6 Å². The first-order valence-corrected chi connectivity index (χ1v) is 10.2. The van der Waals surface area contributed by atoms with E-state index in [2.05, 4.69) is 10.3 Å². The molecule has 10 heteroatoms. The zero-order valence-electron chi connectivity index (χ0n) is 16.1. The maximum absolute atomic E-state index is 13.0. The minimum Gasteiger partial charge on any atom is -0.420 e. The lowest BCUT2D eigenvalue weighted by Crippen LogP contribution is -2.16. The highest BCUT2D eigenvalue weighted by Gasteiger charge is 2.35. The minimum absolute atomic E-state index is 0.00126. The summed E-state index contributed by atoms with van der Waals surface area (Å²) in [6.45, 7) is 1.91. The Morgan fingerprint density at radius 2 is 1.72 bits per heavy atom. The van der Waals surface area contributed by atoms with Gasteiger partial charge in [0.25, 0.3) is 5.69 Å². The van der Waals surface area contributed by atoms with Gasteiger partial charge in [-0.1, -0.05) is 30.3 Å². The molecule has 0 aliphatic carbocycles. The molecule has 1 heterocycles. The van der Waals surface area contributed by atoms with Crippen LogP contribution in [0, 0.1) is 10.1 Å². The second-order valence-corrected chi connectivity index (χ2v) is 8.26. The zero-order valence-corrected chi connectivity index (χ0v) is 17.0. The van der Waals surface area contributed by atoms with Crippen molar-refractivity contribution in [2.45, 2.75) is 13.0 Å². The molecule has 0 aliphatic heterocycles. The fraction of sp³-hybridized carbons (Fsp3) is 0.211. The van der Waals surface area contributed by atoms with Gasteiger partial charge in [0.2, 0.25) is 17.2 Å². The molecule has 0 saturated heterocycles. The van der Waals surface area contributed by atoms with E-state index in [1.807, 2.05) is 37.3 Å². The van der Waals surface area contributed by atoms with Crippen LogP contribution in [0.1, 0.15) is 18.5 Å². The van der Waals surface area contributed by atoms with Crippen molar-refractivity contribution < 1.29 is 23.0 Å². The van der Waals surface area contributed by atoms with E-state index >= 15 is 0 Å². The molecule has 0 radical (unpaired) electrons. The van der Waals surface area contributed by atoms with Crippen molar-refractivity contribution in [3.05, 3.63) is 70.3 Å². The van der Waals surface area contributed by atoms with E-state index < -0.39 is 12.5 Å². The summed E-state index contributed by atoms with van der Waals surface area (Å²) in [6, 6.07) is 15.1. The number of nitro groups is 1. The van der Waals surface area contributed by atoms with Gasteiger partial charge in [0.1, 0.15) is 0 Å². The second-order valence-electron chi connectivity index (χ2n) is 6.12. The number of oxazole rings is 1. The number of hydrogen-bond acceptors (Lipinski definition) is 8. The first kappa shape index (κ1) is 20.7. The Morgan fingerprint density at radius 3 is 2.28 bits per heavy atom. The molecule has 0 aliphatic rings. The van der Waals surface area contributed by atoms with Gasteiger partial charge in [-0.2, -0.15) is 4.98 Å². The standard InChI is InChI=1S/C19H20N3O6P/c1-13(14-7-5-4-6-8-14)20-18-19(29(25,26-2)27-3)21-17(28-18)15-9-11-16(12-10-15)22(23)24/h4-13,20H,1-3H3. The van der Waals surface area contributed by atoms with Crippen molar-refractivity contribution in [1.82, 2.24) is 4.98 Å². The van der Waals surface area contributed by atoms with Crippen molar-refractivity contribution in [1.29, 1.82) is 0 Å². The number of nitro benzene ring substituents is 1. The van der Waals surface area contributed by atoms with Gasteiger partial charge in [-0.25, -0.2) is 0 Å². The molecule has 1 atom stereocenters. The number of benzene rings is 2. The van der Waals surface area contributed by atoms with Crippen LogP contribution >= 0.6 is 7.60 Å². The predicted octanol–water partition coefficient (Wildman–Crippen LogP) is 4.53. The van der Waals surface area contributed by atoms with E-state index in [9.17, 15) is 14.7 Å². The minimum atomic E-state index is -3.72. The van der Waals surface area contributed by atoms with E-state index in [0.717, 1.165) is 5.56 Å². The van der Waals surface area contributed by atoms with Crippen molar-refractivity contribution in [3.63, 3.8) is 0 Å². The summed E-state index contributed by atoms with van der Waals surface area (Å²) in [5.74, 6) is 0.272. The largest absolute Gasteiger partial charge is 0.420 e. The molecule has 29 heavy (non-hydrogen) atoms. The normalized spacial score (nSPS) is 12.5. The smallest absolute Gasteiger partial charge is 0.384 e. The SMILES string of the molecule is COP(=O)(OC)c1nc(-c2ccc([N+](=O)[O-])cc2)oc1NC(C)c1ccccc1. The quantitative estimate of drug-likeness (QED) is 0.323. The van der Waals surface area contributed by atoms with Crippen LogP contribution in [0.25, 0.3) is 11.5 Å². The molecule has 3 aromatic rings. The number of anilines is 1. The molecule has 0 spiro atoms. The van der Waals surface area contributed by atoms with Gasteiger partial charge >= 0.3 is 7.60 Å². The molecule has 0 fully saturated rings. The first-order chi connectivity index (χ1) is 13.9. The summed E-state index contributed by atoms with van der Waals surface area (Å²) >= 11 is 0. The van der Waals surface area contributed by atoms with E-state index in [-0.39, 0.29) is 28.9 Å². The van der Waals surface area contributed by atoms with Gasteiger partial charge in [0.05, 0.1) is 11.0 Å². The van der Waals surface area contributed by atoms with E-state index in [4.69, 9.17) is 13.5 Å². The van der Waals surface area contributed by atoms with Crippen LogP contribution in [0.5, 0.6) is 0 Å². The lowest BCUT2D eigenvalue weighted by atomic mass is 10.1. The molecule has 0 saturated carbocycles. The summed E-state index contributed by atoms with van der Waals surface area (Å²) in [7, 11) is -1.20. The van der Waals surface area contributed by atoms with Gasteiger partial charge in [0, 0.05) is 31.9 Å². The van der Waals surface area contributed by atoms with Crippen LogP contribution < -0.4 is 10.8 Å². The lowest BCUT2D eigenvalue weighted by molar-refractivity contribution is -0.384. The Balaban J connectivity index is 2.01. The average Bonchev–Trinajstić information content (AvgIpc) is 3.18. The van der Waals surface area contributed by atoms with E-state index in [1.165, 1.54) is 38.5 Å². The molecule has 9 nitrogen and oxygen atoms in total. The van der Waals surface area contributed by atoms with Crippen molar-refractivity contribution in [3.8, 4) is 11.5 Å². The first-order valence-electron chi connectivity index (χ1n) is 8.67. The summed E-state index contributed by atoms with van der Waals surface area (Å²) < 4.78 is 29.0. The van der Waals surface area contributed by atoms with Gasteiger partial charge in [0.15, 0.2) is 0 Å². The molecular weight excluding hydrogens is 397 g/mol. The third kappa shape index (κ3) is 4.37. The highest BCUT2D eigenvalue weighted by Crippen LogP contribution is 2.48. The van der Waals surface area contributed by atoms with Gasteiger partial charge in [-0.05, 0) is 24.6 Å². The number of non-ortho nitro benzene ring substituents is 1. The highest BCUT2D eigenvalue weighted by molar-refractivity contribution is 7.62. The topological polar surface area (TPSA) is 117 Å². The molecule has 0 bridgehead atoms.